The van der Waals surface area contributed by atoms with Gasteiger partial charge in [-0.05, 0) is 85.7 Å². The fraction of sp³-hybridized carbons (Fsp3) is 0.273. The molecule has 0 saturated heterocycles. The van der Waals surface area contributed by atoms with Crippen LogP contribution in [0.3, 0.4) is 0 Å². The minimum atomic E-state index is 0. The Balaban J connectivity index is -0.0000000324. The van der Waals surface area contributed by atoms with Crippen molar-refractivity contribution in [2.45, 2.75) is 41.5 Å². The van der Waals surface area contributed by atoms with Crippen LogP contribution in [0.25, 0.3) is 0 Å². The third-order valence-electron chi connectivity index (χ3n) is 3.80. The molecule has 0 spiro atoms. The predicted molar refractivity (Wildman–Crippen MR) is 103 cm³/mol. The molecule has 0 saturated carbocycles. The molecule has 174 valence electrons. The minimum Gasteiger partial charge on any atom is -0.152 e. The summed E-state index contributed by atoms with van der Waals surface area (Å²) in [6, 6.07) is 4.04. The van der Waals surface area contributed by atoms with Gasteiger partial charge in [-0.1, -0.05) is 12.1 Å². The molecule has 6 nitrogen and oxygen atoms in total. The summed E-state index contributed by atoms with van der Waals surface area (Å²) in [5.74, 6) is 0. The summed E-state index contributed by atoms with van der Waals surface area (Å²) >= 11 is 1.71. The van der Waals surface area contributed by atoms with Gasteiger partial charge in [0, 0.05) is 53.6 Å². The van der Waals surface area contributed by atoms with Crippen LogP contribution in [-0.4, -0.2) is 0 Å². The Morgan fingerprint density at radius 3 is 0.625 bits per heavy atom. The van der Waals surface area contributed by atoms with E-state index < -0.39 is 0 Å². The fourth-order valence-corrected chi connectivity index (χ4v) is 2.37. The molecule has 1 heterocycles. The molecule has 10 heteroatoms. The van der Waals surface area contributed by atoms with E-state index in [-0.39, 0.29) is 53.6 Å². The first-order chi connectivity index (χ1) is 14.0. The Labute approximate surface area is 229 Å². The molecule has 1 aromatic carbocycles. The second-order valence-electron chi connectivity index (χ2n) is 4.54. The van der Waals surface area contributed by atoms with Crippen LogP contribution in [0.5, 0.6) is 0 Å². The van der Waals surface area contributed by atoms with Crippen molar-refractivity contribution in [3.8, 4) is 0 Å². The van der Waals surface area contributed by atoms with E-state index in [1.54, 1.807) is 11.3 Å². The Hall–Kier alpha value is -0.978. The molecular weight excluding hydrogens is 603 g/mol. The summed E-state index contributed by atoms with van der Waals surface area (Å²) < 4.78 is 45.0. The van der Waals surface area contributed by atoms with Crippen molar-refractivity contribution >= 4 is 11.3 Å². The number of rotatable bonds is 0. The first kappa shape index (κ1) is 57.7. The molecule has 1 aromatic heterocycles. The van der Waals surface area contributed by atoms with Gasteiger partial charge in [-0.3, -0.25) is 0 Å². The van der Waals surface area contributed by atoms with E-state index in [4.69, 9.17) is 27.9 Å². The monoisotopic (exact) mass is 626 g/mol. The van der Waals surface area contributed by atoms with E-state index in [1.807, 2.05) is 22.9 Å². The topological polar surface area (TPSA) is 119 Å². The first-order valence-corrected chi connectivity index (χ1v) is 8.14. The van der Waals surface area contributed by atoms with Crippen molar-refractivity contribution in [1.29, 1.82) is 0 Å². The fourth-order valence-electron chi connectivity index (χ4n) is 1.91. The zero-order valence-electron chi connectivity index (χ0n) is 18.3. The van der Waals surface area contributed by atoms with Crippen molar-refractivity contribution in [3.05, 3.63) is 96.2 Å². The maximum atomic E-state index is 7.50. The van der Waals surface area contributed by atoms with Gasteiger partial charge < -0.3 is 0 Å². The summed E-state index contributed by atoms with van der Waals surface area (Å²) in [7, 11) is 0. The smallest absolute Gasteiger partial charge is 0 e. The van der Waals surface area contributed by atoms with Crippen LogP contribution in [0.2, 0.25) is 0 Å². The van der Waals surface area contributed by atoms with E-state index >= 15 is 0 Å². The SMILES string of the molecule is Cc1c(C)c(C)c(C)c(C)c1C.[C-]#[O+].[C-]#[O+].[C-]#[O+].[C-]#[O+].[C-]#[O+].[C-]#[O+].[Mn].[Mn].[Ru].c1ccsc1. The Morgan fingerprint density at radius 1 is 0.438 bits per heavy atom. The van der Waals surface area contributed by atoms with Crippen molar-refractivity contribution < 1.29 is 81.5 Å². The van der Waals surface area contributed by atoms with Crippen LogP contribution in [0.15, 0.2) is 22.9 Å². The standard InChI is InChI=1S/C12H18.C4H4S.6CO.2Mn.Ru/c1-7-8(2)10(4)12(6)11(5)9(7)3;1-2-4-5-3-1;6*1-2;;;/h1-6H3;1-4H;;;;;;;;;. The van der Waals surface area contributed by atoms with Gasteiger partial charge in [0.25, 0.3) is 0 Å². The molecule has 0 atom stereocenters. The summed E-state index contributed by atoms with van der Waals surface area (Å²) in [5.41, 5.74) is 8.73. The van der Waals surface area contributed by atoms with Gasteiger partial charge in [-0.2, -0.15) is 11.3 Å². The molecule has 0 aliphatic rings. The van der Waals surface area contributed by atoms with Gasteiger partial charge >= 0.3 is 67.8 Å². The van der Waals surface area contributed by atoms with Crippen LogP contribution in [0.1, 0.15) is 33.4 Å². The summed E-state index contributed by atoms with van der Waals surface area (Å²) in [5, 5.41) is 4.08. The summed E-state index contributed by atoms with van der Waals surface area (Å²) in [6.07, 6.45) is 0. The molecule has 0 fully saturated rings. The van der Waals surface area contributed by atoms with Crippen molar-refractivity contribution in [2.75, 3.05) is 0 Å². The molecule has 0 unspecified atom stereocenters. The Bertz CT molecular complexity index is 581. The normalized spacial score (nSPS) is 5.56. The van der Waals surface area contributed by atoms with Gasteiger partial charge in [-0.15, -0.1) is 0 Å². The minimum absolute atomic E-state index is 0. The largest absolute Gasteiger partial charge is 0.152 e. The van der Waals surface area contributed by atoms with E-state index in [2.05, 4.69) is 81.4 Å². The molecule has 2 rings (SSSR count). The van der Waals surface area contributed by atoms with Gasteiger partial charge in [0.2, 0.25) is 0 Å². The zero-order valence-corrected chi connectivity index (χ0v) is 23.2. The molecule has 0 amide bonds. The Kier molecular flexibility index (Phi) is 93.9. The van der Waals surface area contributed by atoms with E-state index in [0.717, 1.165) is 0 Å². The summed E-state index contributed by atoms with van der Waals surface area (Å²) in [6.45, 7) is 40.3. The molecule has 32 heavy (non-hydrogen) atoms. The number of thiophene rings is 1. The first-order valence-electron chi connectivity index (χ1n) is 7.20. The van der Waals surface area contributed by atoms with Gasteiger partial charge in [-0.25, -0.2) is 0 Å². The Morgan fingerprint density at radius 2 is 0.562 bits per heavy atom. The third-order valence-corrected chi connectivity index (χ3v) is 4.43. The maximum Gasteiger partial charge on any atom is 0 e. The van der Waals surface area contributed by atoms with Crippen LogP contribution in [0, 0.1) is 81.4 Å². The molecular formula is C22H22Mn2O6RuS. The molecule has 0 aliphatic heterocycles. The molecule has 2 radical (unpaired) electrons. The van der Waals surface area contributed by atoms with E-state index in [0.29, 0.717) is 0 Å². The number of benzene rings is 1. The number of hydrogen-bond acceptors (Lipinski definition) is 1. The second-order valence-corrected chi connectivity index (χ2v) is 5.36. The van der Waals surface area contributed by atoms with Crippen molar-refractivity contribution in [1.82, 2.24) is 0 Å². The maximum absolute atomic E-state index is 7.50. The van der Waals surface area contributed by atoms with Crippen molar-refractivity contribution in [2.24, 2.45) is 0 Å². The quantitative estimate of drug-likeness (QED) is 0.221. The second kappa shape index (κ2) is 52.1. The predicted octanol–water partition coefficient (Wildman–Crippen LogP) is 5.05. The molecule has 0 N–H and O–H groups in total. The molecule has 2 aromatic rings. The van der Waals surface area contributed by atoms with Crippen molar-refractivity contribution in [3.63, 3.8) is 0 Å². The van der Waals surface area contributed by atoms with E-state index in [9.17, 15) is 0 Å². The average molecular weight is 625 g/mol. The third kappa shape index (κ3) is 29.0. The molecule has 0 bridgehead atoms. The molecule has 0 aliphatic carbocycles. The van der Waals surface area contributed by atoms with Crippen LogP contribution < -0.4 is 0 Å². The van der Waals surface area contributed by atoms with Gasteiger partial charge in [0.1, 0.15) is 0 Å². The van der Waals surface area contributed by atoms with Gasteiger partial charge in [0.15, 0.2) is 0 Å². The number of hydrogen-bond donors (Lipinski definition) is 0. The van der Waals surface area contributed by atoms with Crippen LogP contribution in [-0.2, 0) is 81.5 Å². The summed E-state index contributed by atoms with van der Waals surface area (Å²) in [4.78, 5) is 0. The van der Waals surface area contributed by atoms with E-state index in [1.165, 1.54) is 33.4 Å². The zero-order chi connectivity index (χ0) is 25.0. The van der Waals surface area contributed by atoms with Crippen LogP contribution in [0.4, 0.5) is 0 Å². The average Bonchev–Trinajstić information content (AvgIpc) is 3.43. The van der Waals surface area contributed by atoms with Gasteiger partial charge in [0.05, 0.1) is 0 Å². The van der Waals surface area contributed by atoms with Crippen LogP contribution >= 0.6 is 11.3 Å².